The van der Waals surface area contributed by atoms with Gasteiger partial charge in [-0.05, 0) is 18.6 Å². The van der Waals surface area contributed by atoms with E-state index in [1.807, 2.05) is 24.3 Å². The Labute approximate surface area is 175 Å². The molecule has 1 aromatic carbocycles. The number of nitrogen functional groups attached to an aromatic ring is 1. The van der Waals surface area contributed by atoms with Crippen LogP contribution in [0.1, 0.15) is 122 Å². The van der Waals surface area contributed by atoms with E-state index < -0.39 is 0 Å². The fourth-order valence-corrected chi connectivity index (χ4v) is 3.80. The maximum absolute atomic E-state index is 5.75. The molecular formula is C26H47NO. The number of ether oxygens (including phenoxy) is 1. The zero-order valence-electron chi connectivity index (χ0n) is 18.7. The van der Waals surface area contributed by atoms with Crippen molar-refractivity contribution in [3.8, 4) is 5.75 Å². The van der Waals surface area contributed by atoms with Crippen LogP contribution in [0.2, 0.25) is 0 Å². The van der Waals surface area contributed by atoms with Crippen LogP contribution in [0.4, 0.5) is 5.69 Å². The standard InChI is InChI=1S/C26H47NO/c1-2-3-4-5-6-7-8-9-10-11-12-13-14-15-16-17-18-19-23-28-26-22-20-21-25(27)24-26/h20-22,24H,2-19,23,27H2,1H3. The van der Waals surface area contributed by atoms with Crippen molar-refractivity contribution >= 4 is 5.69 Å². The summed E-state index contributed by atoms with van der Waals surface area (Å²) in [5.74, 6) is 0.895. The topological polar surface area (TPSA) is 35.2 Å². The molecule has 0 radical (unpaired) electrons. The Bertz CT molecular complexity index is 446. The molecule has 0 aliphatic carbocycles. The van der Waals surface area contributed by atoms with Crippen molar-refractivity contribution in [1.29, 1.82) is 0 Å². The number of rotatable bonds is 20. The second-order valence-corrected chi connectivity index (χ2v) is 8.43. The lowest BCUT2D eigenvalue weighted by Gasteiger charge is -2.07. The lowest BCUT2D eigenvalue weighted by atomic mass is 10.0. The van der Waals surface area contributed by atoms with E-state index in [2.05, 4.69) is 6.92 Å². The quantitative estimate of drug-likeness (QED) is 0.179. The van der Waals surface area contributed by atoms with Crippen molar-refractivity contribution in [1.82, 2.24) is 0 Å². The second-order valence-electron chi connectivity index (χ2n) is 8.43. The zero-order chi connectivity index (χ0) is 20.1. The van der Waals surface area contributed by atoms with E-state index in [4.69, 9.17) is 10.5 Å². The molecule has 0 atom stereocenters. The van der Waals surface area contributed by atoms with Gasteiger partial charge in [-0.25, -0.2) is 0 Å². The average molecular weight is 390 g/mol. The lowest BCUT2D eigenvalue weighted by Crippen LogP contribution is -1.97. The van der Waals surface area contributed by atoms with Gasteiger partial charge in [0.05, 0.1) is 6.61 Å². The highest BCUT2D eigenvalue weighted by Gasteiger charge is 1.96. The van der Waals surface area contributed by atoms with Gasteiger partial charge in [-0.2, -0.15) is 0 Å². The molecule has 0 unspecified atom stereocenters. The van der Waals surface area contributed by atoms with Gasteiger partial charge in [-0.15, -0.1) is 0 Å². The third-order valence-electron chi connectivity index (χ3n) is 5.62. The number of nitrogens with two attached hydrogens (primary N) is 1. The van der Waals surface area contributed by atoms with E-state index in [1.54, 1.807) is 0 Å². The van der Waals surface area contributed by atoms with Crippen molar-refractivity contribution in [3.63, 3.8) is 0 Å². The first-order valence-electron chi connectivity index (χ1n) is 12.3. The molecule has 0 fully saturated rings. The average Bonchev–Trinajstić information content (AvgIpc) is 2.70. The highest BCUT2D eigenvalue weighted by Crippen LogP contribution is 2.16. The minimum atomic E-state index is 0.773. The van der Waals surface area contributed by atoms with Crippen LogP contribution in [-0.4, -0.2) is 6.61 Å². The van der Waals surface area contributed by atoms with Gasteiger partial charge < -0.3 is 10.5 Å². The molecule has 28 heavy (non-hydrogen) atoms. The number of benzene rings is 1. The molecule has 0 aliphatic heterocycles. The van der Waals surface area contributed by atoms with Crippen molar-refractivity contribution in [2.45, 2.75) is 122 Å². The molecule has 0 aromatic heterocycles. The van der Waals surface area contributed by atoms with Gasteiger partial charge in [-0.3, -0.25) is 0 Å². The largest absolute Gasteiger partial charge is 0.494 e. The van der Waals surface area contributed by atoms with Gasteiger partial charge in [-0.1, -0.05) is 122 Å². The first-order valence-corrected chi connectivity index (χ1v) is 12.3. The molecule has 0 amide bonds. The van der Waals surface area contributed by atoms with E-state index in [1.165, 1.54) is 109 Å². The smallest absolute Gasteiger partial charge is 0.121 e. The summed E-state index contributed by atoms with van der Waals surface area (Å²) in [7, 11) is 0. The minimum Gasteiger partial charge on any atom is -0.494 e. The molecule has 0 spiro atoms. The van der Waals surface area contributed by atoms with Gasteiger partial charge in [0.2, 0.25) is 0 Å². The maximum atomic E-state index is 5.75. The monoisotopic (exact) mass is 389 g/mol. The molecule has 0 bridgehead atoms. The van der Waals surface area contributed by atoms with Gasteiger partial charge in [0, 0.05) is 11.8 Å². The highest BCUT2D eigenvalue weighted by molar-refractivity contribution is 5.43. The summed E-state index contributed by atoms with van der Waals surface area (Å²) >= 11 is 0. The Morgan fingerprint density at radius 3 is 1.46 bits per heavy atom. The Morgan fingerprint density at radius 2 is 1.04 bits per heavy atom. The van der Waals surface area contributed by atoms with E-state index >= 15 is 0 Å². The van der Waals surface area contributed by atoms with Crippen molar-refractivity contribution < 1.29 is 4.74 Å². The maximum Gasteiger partial charge on any atom is 0.121 e. The number of hydrogen-bond donors (Lipinski definition) is 1. The molecule has 2 heteroatoms. The molecule has 2 N–H and O–H groups in total. The van der Waals surface area contributed by atoms with Gasteiger partial charge in [0.15, 0.2) is 0 Å². The van der Waals surface area contributed by atoms with Crippen LogP contribution >= 0.6 is 0 Å². The van der Waals surface area contributed by atoms with E-state index in [0.717, 1.165) is 24.5 Å². The van der Waals surface area contributed by atoms with Crippen LogP contribution in [-0.2, 0) is 0 Å². The molecule has 0 aliphatic rings. The van der Waals surface area contributed by atoms with Crippen LogP contribution in [0, 0.1) is 0 Å². The second kappa shape index (κ2) is 19.2. The Hall–Kier alpha value is -1.18. The van der Waals surface area contributed by atoms with Crippen LogP contribution in [0.5, 0.6) is 5.75 Å². The first-order chi connectivity index (χ1) is 13.8. The van der Waals surface area contributed by atoms with Crippen molar-refractivity contribution in [3.05, 3.63) is 24.3 Å². The van der Waals surface area contributed by atoms with E-state index in [0.29, 0.717) is 0 Å². The van der Waals surface area contributed by atoms with Crippen LogP contribution in [0.15, 0.2) is 24.3 Å². The van der Waals surface area contributed by atoms with E-state index in [-0.39, 0.29) is 0 Å². The normalized spacial score (nSPS) is 11.0. The summed E-state index contributed by atoms with van der Waals surface area (Å²) in [6.07, 6.45) is 25.4. The third-order valence-corrected chi connectivity index (χ3v) is 5.62. The van der Waals surface area contributed by atoms with Crippen LogP contribution < -0.4 is 10.5 Å². The molecule has 1 aromatic rings. The molecule has 0 heterocycles. The summed E-state index contributed by atoms with van der Waals surface area (Å²) in [6, 6.07) is 7.71. The Morgan fingerprint density at radius 1 is 0.607 bits per heavy atom. The Kier molecular flexibility index (Phi) is 17.0. The molecular weight excluding hydrogens is 342 g/mol. The lowest BCUT2D eigenvalue weighted by molar-refractivity contribution is 0.304. The number of unbranched alkanes of at least 4 members (excludes halogenated alkanes) is 17. The predicted molar refractivity (Wildman–Crippen MR) is 125 cm³/mol. The molecule has 0 saturated heterocycles. The summed E-state index contributed by atoms with van der Waals surface area (Å²) in [4.78, 5) is 0. The summed E-state index contributed by atoms with van der Waals surface area (Å²) < 4.78 is 5.74. The highest BCUT2D eigenvalue weighted by atomic mass is 16.5. The molecule has 0 saturated carbocycles. The summed E-state index contributed by atoms with van der Waals surface area (Å²) in [6.45, 7) is 3.10. The molecule has 162 valence electrons. The third kappa shape index (κ3) is 15.8. The molecule has 1 rings (SSSR count). The SMILES string of the molecule is CCCCCCCCCCCCCCCCCCCCOc1cccc(N)c1. The zero-order valence-corrected chi connectivity index (χ0v) is 18.7. The summed E-state index contributed by atoms with van der Waals surface area (Å²) in [5.41, 5.74) is 6.53. The first kappa shape index (κ1) is 24.9. The predicted octanol–water partition coefficient (Wildman–Crippen LogP) is 8.69. The summed E-state index contributed by atoms with van der Waals surface area (Å²) in [5, 5.41) is 0. The van der Waals surface area contributed by atoms with Gasteiger partial charge in [0.25, 0.3) is 0 Å². The number of anilines is 1. The van der Waals surface area contributed by atoms with Crippen molar-refractivity contribution in [2.24, 2.45) is 0 Å². The fraction of sp³-hybridized carbons (Fsp3) is 0.769. The Balaban J connectivity index is 1.71. The van der Waals surface area contributed by atoms with Gasteiger partial charge >= 0.3 is 0 Å². The molecule has 2 nitrogen and oxygen atoms in total. The van der Waals surface area contributed by atoms with Crippen LogP contribution in [0.25, 0.3) is 0 Å². The number of hydrogen-bond acceptors (Lipinski definition) is 2. The van der Waals surface area contributed by atoms with Crippen molar-refractivity contribution in [2.75, 3.05) is 12.3 Å². The van der Waals surface area contributed by atoms with Crippen LogP contribution in [0.3, 0.4) is 0 Å². The van der Waals surface area contributed by atoms with Gasteiger partial charge in [0.1, 0.15) is 5.75 Å². The minimum absolute atomic E-state index is 0.773. The fourth-order valence-electron chi connectivity index (χ4n) is 3.80. The van der Waals surface area contributed by atoms with E-state index in [9.17, 15) is 0 Å².